The molecule has 1 aliphatic heterocycles. The Hall–Kier alpha value is -2.77. The van der Waals surface area contributed by atoms with Gasteiger partial charge in [0.15, 0.2) is 0 Å². The molecule has 4 heterocycles. The molecular formula is C22H24N4O2S. The smallest absolute Gasteiger partial charge is 0.261 e. The van der Waals surface area contributed by atoms with Crippen LogP contribution in [0.1, 0.15) is 52.5 Å². The zero-order valence-corrected chi connectivity index (χ0v) is 17.0. The molecule has 150 valence electrons. The Balaban J connectivity index is 1.44. The number of nitrogens with one attached hydrogen (secondary N) is 2. The zero-order valence-electron chi connectivity index (χ0n) is 16.1. The van der Waals surface area contributed by atoms with E-state index < -0.39 is 0 Å². The fraction of sp³-hybridized carbons (Fsp3) is 0.318. The van der Waals surface area contributed by atoms with Gasteiger partial charge in [0.2, 0.25) is 0 Å². The molecule has 1 atom stereocenters. The van der Waals surface area contributed by atoms with Crippen molar-refractivity contribution in [2.45, 2.75) is 38.4 Å². The van der Waals surface area contributed by atoms with Crippen molar-refractivity contribution in [2.24, 2.45) is 0 Å². The summed E-state index contributed by atoms with van der Waals surface area (Å²) in [5.41, 5.74) is 2.86. The van der Waals surface area contributed by atoms with Gasteiger partial charge in [0, 0.05) is 37.2 Å². The minimum absolute atomic E-state index is 0.145. The highest BCUT2D eigenvalue weighted by Crippen LogP contribution is 2.31. The lowest BCUT2D eigenvalue weighted by molar-refractivity contribution is 0.0949. The summed E-state index contributed by atoms with van der Waals surface area (Å²) in [7, 11) is 0. The topological polar surface area (TPSA) is 78.1 Å². The van der Waals surface area contributed by atoms with Crippen LogP contribution < -0.4 is 10.9 Å². The van der Waals surface area contributed by atoms with E-state index in [4.69, 9.17) is 0 Å². The molecule has 3 aromatic heterocycles. The third-order valence-electron chi connectivity index (χ3n) is 5.30. The largest absolute Gasteiger partial charge is 0.348 e. The molecule has 2 N–H and O–H groups in total. The zero-order chi connectivity index (χ0) is 20.1. The number of hydrogen-bond acceptors (Lipinski definition) is 5. The van der Waals surface area contributed by atoms with E-state index in [9.17, 15) is 9.59 Å². The van der Waals surface area contributed by atoms with Crippen molar-refractivity contribution in [3.8, 4) is 0 Å². The van der Waals surface area contributed by atoms with Crippen molar-refractivity contribution in [1.29, 1.82) is 0 Å². The summed E-state index contributed by atoms with van der Waals surface area (Å²) >= 11 is 1.58. The van der Waals surface area contributed by atoms with Crippen LogP contribution >= 0.6 is 11.3 Å². The molecule has 6 nitrogen and oxygen atoms in total. The number of carbonyl (C=O) groups is 1. The first-order valence-corrected chi connectivity index (χ1v) is 10.8. The summed E-state index contributed by atoms with van der Waals surface area (Å²) < 4.78 is 0. The first kappa shape index (κ1) is 19.5. The van der Waals surface area contributed by atoms with Gasteiger partial charge in [-0.15, -0.1) is 0 Å². The minimum atomic E-state index is -0.352. The average Bonchev–Trinajstić information content (AvgIpc) is 3.27. The third kappa shape index (κ3) is 4.81. The lowest BCUT2D eigenvalue weighted by Crippen LogP contribution is -2.34. The summed E-state index contributed by atoms with van der Waals surface area (Å²) in [5.74, 6) is -0.352. The number of aromatic amines is 1. The number of H-pyrrole nitrogens is 1. The molecule has 1 saturated heterocycles. The quantitative estimate of drug-likeness (QED) is 0.655. The van der Waals surface area contributed by atoms with Crippen LogP contribution in [-0.2, 0) is 13.1 Å². The van der Waals surface area contributed by atoms with Crippen LogP contribution in [0.5, 0.6) is 0 Å². The maximum atomic E-state index is 12.5. The van der Waals surface area contributed by atoms with E-state index in [1.165, 1.54) is 12.0 Å². The van der Waals surface area contributed by atoms with E-state index in [2.05, 4.69) is 26.3 Å². The molecule has 1 unspecified atom stereocenters. The number of thiophene rings is 1. The highest BCUT2D eigenvalue weighted by molar-refractivity contribution is 7.07. The van der Waals surface area contributed by atoms with Gasteiger partial charge in [0.1, 0.15) is 5.56 Å². The number of hydrogen-bond donors (Lipinski definition) is 2. The Morgan fingerprint density at radius 1 is 1.28 bits per heavy atom. The van der Waals surface area contributed by atoms with Gasteiger partial charge in [0.05, 0.1) is 0 Å². The summed E-state index contributed by atoms with van der Waals surface area (Å²) in [6.07, 6.45) is 7.13. The molecule has 0 radical (unpaired) electrons. The Morgan fingerprint density at radius 2 is 2.21 bits per heavy atom. The predicted octanol–water partition coefficient (Wildman–Crippen LogP) is 3.49. The van der Waals surface area contributed by atoms with E-state index in [1.54, 1.807) is 23.6 Å². The minimum Gasteiger partial charge on any atom is -0.348 e. The predicted molar refractivity (Wildman–Crippen MR) is 114 cm³/mol. The number of pyridine rings is 2. The van der Waals surface area contributed by atoms with Gasteiger partial charge in [-0.25, -0.2) is 0 Å². The Kier molecular flexibility index (Phi) is 6.17. The van der Waals surface area contributed by atoms with Crippen LogP contribution in [0, 0.1) is 0 Å². The normalized spacial score (nSPS) is 17.2. The van der Waals surface area contributed by atoms with Gasteiger partial charge in [-0.1, -0.05) is 12.5 Å². The Labute approximate surface area is 173 Å². The van der Waals surface area contributed by atoms with Crippen LogP contribution in [0.25, 0.3) is 0 Å². The van der Waals surface area contributed by atoms with Crippen LogP contribution in [0.15, 0.2) is 58.3 Å². The molecule has 0 bridgehead atoms. The monoisotopic (exact) mass is 408 g/mol. The van der Waals surface area contributed by atoms with Gasteiger partial charge < -0.3 is 10.3 Å². The second-order valence-corrected chi connectivity index (χ2v) is 8.09. The van der Waals surface area contributed by atoms with Gasteiger partial charge in [-0.05, 0) is 65.5 Å². The SMILES string of the molecule is O=C(NCc1ccsc1)c1ccc(CN2CCCCC2c2cccnc2)[nH]c1=O. The lowest BCUT2D eigenvalue weighted by Gasteiger charge is -2.35. The molecule has 29 heavy (non-hydrogen) atoms. The highest BCUT2D eigenvalue weighted by Gasteiger charge is 2.24. The number of carbonyl (C=O) groups excluding carboxylic acids is 1. The van der Waals surface area contributed by atoms with E-state index in [0.29, 0.717) is 19.1 Å². The second kappa shape index (κ2) is 9.15. The fourth-order valence-corrected chi connectivity index (χ4v) is 4.47. The number of nitrogens with zero attached hydrogens (tertiary/aromatic N) is 2. The number of likely N-dealkylation sites (tertiary alicyclic amines) is 1. The van der Waals surface area contributed by atoms with Crippen molar-refractivity contribution in [2.75, 3.05) is 6.54 Å². The van der Waals surface area contributed by atoms with Crippen molar-refractivity contribution in [3.63, 3.8) is 0 Å². The summed E-state index contributed by atoms with van der Waals surface area (Å²) in [6, 6.07) is 9.80. The number of rotatable bonds is 6. The second-order valence-electron chi connectivity index (χ2n) is 7.31. The maximum Gasteiger partial charge on any atom is 0.261 e. The van der Waals surface area contributed by atoms with Crippen molar-refractivity contribution in [3.05, 3.63) is 86.2 Å². The molecule has 0 spiro atoms. The molecule has 0 aromatic carbocycles. The molecule has 4 rings (SSSR count). The molecule has 1 fully saturated rings. The Bertz CT molecular complexity index is 1000. The van der Waals surface area contributed by atoms with E-state index in [-0.39, 0.29) is 17.0 Å². The first-order chi connectivity index (χ1) is 14.2. The Morgan fingerprint density at radius 3 is 2.97 bits per heavy atom. The molecule has 0 aliphatic carbocycles. The lowest BCUT2D eigenvalue weighted by atomic mass is 9.96. The van der Waals surface area contributed by atoms with Gasteiger partial charge >= 0.3 is 0 Å². The van der Waals surface area contributed by atoms with Crippen molar-refractivity contribution >= 4 is 17.2 Å². The number of aromatic nitrogens is 2. The standard InChI is InChI=1S/C22H24N4O2S/c27-21(24-12-16-8-11-29-15-16)19-7-6-18(25-22(19)28)14-26-10-2-1-5-20(26)17-4-3-9-23-13-17/h3-4,6-9,11,13,15,20H,1-2,5,10,12,14H2,(H,24,27)(H,25,28). The van der Waals surface area contributed by atoms with Crippen LogP contribution in [0.3, 0.4) is 0 Å². The number of piperidine rings is 1. The molecule has 3 aromatic rings. The van der Waals surface area contributed by atoms with Gasteiger partial charge in [-0.2, -0.15) is 11.3 Å². The molecule has 1 amide bonds. The van der Waals surface area contributed by atoms with E-state index in [1.807, 2.05) is 35.2 Å². The molecule has 1 aliphatic rings. The average molecular weight is 409 g/mol. The van der Waals surface area contributed by atoms with Crippen molar-refractivity contribution < 1.29 is 4.79 Å². The maximum absolute atomic E-state index is 12.5. The van der Waals surface area contributed by atoms with Crippen LogP contribution in [0.4, 0.5) is 0 Å². The molecular weight excluding hydrogens is 384 g/mol. The molecule has 7 heteroatoms. The third-order valence-corrected chi connectivity index (χ3v) is 6.04. The van der Waals surface area contributed by atoms with E-state index in [0.717, 1.165) is 30.6 Å². The van der Waals surface area contributed by atoms with E-state index >= 15 is 0 Å². The molecule has 0 saturated carbocycles. The summed E-state index contributed by atoms with van der Waals surface area (Å²) in [6.45, 7) is 2.04. The van der Waals surface area contributed by atoms with Crippen LogP contribution in [-0.4, -0.2) is 27.3 Å². The summed E-state index contributed by atoms with van der Waals surface area (Å²) in [4.78, 5) is 34.4. The van der Waals surface area contributed by atoms with Gasteiger partial charge in [-0.3, -0.25) is 19.5 Å². The first-order valence-electron chi connectivity index (χ1n) is 9.86. The summed E-state index contributed by atoms with van der Waals surface area (Å²) in [5, 5.41) is 6.74. The van der Waals surface area contributed by atoms with Gasteiger partial charge in [0.25, 0.3) is 11.5 Å². The highest BCUT2D eigenvalue weighted by atomic mass is 32.1. The fourth-order valence-electron chi connectivity index (χ4n) is 3.81. The van der Waals surface area contributed by atoms with Crippen molar-refractivity contribution in [1.82, 2.24) is 20.2 Å². The van der Waals surface area contributed by atoms with Crippen LogP contribution in [0.2, 0.25) is 0 Å². The number of amides is 1.